The lowest BCUT2D eigenvalue weighted by atomic mass is 9.85. The van der Waals surface area contributed by atoms with E-state index in [1.807, 2.05) is 62.9 Å². The van der Waals surface area contributed by atoms with Crippen LogP contribution < -0.4 is 15.5 Å². The van der Waals surface area contributed by atoms with Crippen molar-refractivity contribution in [3.05, 3.63) is 89.5 Å². The number of amides is 4. The molecule has 1 aliphatic heterocycles. The molecule has 2 atom stereocenters. The molecule has 1 fully saturated rings. The van der Waals surface area contributed by atoms with Gasteiger partial charge in [0.05, 0.1) is 48.9 Å². The number of imidazole rings is 2. The van der Waals surface area contributed by atoms with Gasteiger partial charge in [0.1, 0.15) is 24.2 Å². The fourth-order valence-corrected chi connectivity index (χ4v) is 7.31. The third-order valence-electron chi connectivity index (χ3n) is 10.2. The Hall–Kier alpha value is -6.12. The molecule has 4 amide bonds. The SMILES string of the molecule is CCCN(Cc1nc2ccc(CN(Cc3ccc4nc(C5CCCN5C(=O)C(NC(=O)OC)C(C)(C)C)[nH]c4c3)c3ccccc3)cc2[nH]1)C(=O)CNC(=O)OC. The minimum Gasteiger partial charge on any atom is -0.453 e. The molecule has 0 radical (unpaired) electrons. The minimum absolute atomic E-state index is 0.154. The normalized spacial score (nSPS) is 14.7. The van der Waals surface area contributed by atoms with E-state index in [0.717, 1.165) is 64.0 Å². The molecule has 5 aromatic rings. The highest BCUT2D eigenvalue weighted by atomic mass is 16.5. The zero-order valence-electron chi connectivity index (χ0n) is 33.6. The Morgan fingerprint density at radius 3 is 2.16 bits per heavy atom. The van der Waals surface area contributed by atoms with E-state index in [1.165, 1.54) is 14.2 Å². The third-order valence-corrected chi connectivity index (χ3v) is 10.2. The summed E-state index contributed by atoms with van der Waals surface area (Å²) in [5.41, 5.74) is 6.08. The first kappa shape index (κ1) is 40.5. The number of nitrogens with one attached hydrogen (secondary N) is 4. The predicted octanol–water partition coefficient (Wildman–Crippen LogP) is 6.17. The number of hydrogen-bond acceptors (Lipinski definition) is 9. The number of alkyl carbamates (subject to hydrolysis) is 2. The molecular weight excluding hydrogens is 727 g/mol. The largest absolute Gasteiger partial charge is 0.453 e. The summed E-state index contributed by atoms with van der Waals surface area (Å²) in [6, 6.07) is 21.6. The van der Waals surface area contributed by atoms with Crippen LogP contribution in [0.4, 0.5) is 15.3 Å². The number of fused-ring (bicyclic) bond motifs is 2. The highest BCUT2D eigenvalue weighted by Crippen LogP contribution is 2.34. The molecular formula is C42H53N9O6. The fraction of sp³-hybridized carbons (Fsp3) is 0.429. The number of methoxy groups -OCH3 is 2. The number of benzene rings is 3. The number of carbonyl (C=O) groups is 4. The topological polar surface area (TPSA) is 178 Å². The minimum atomic E-state index is -0.753. The number of ether oxygens (including phenoxy) is 2. The Kier molecular flexibility index (Phi) is 12.6. The Morgan fingerprint density at radius 2 is 1.53 bits per heavy atom. The predicted molar refractivity (Wildman–Crippen MR) is 217 cm³/mol. The van der Waals surface area contributed by atoms with Gasteiger partial charge in [-0.15, -0.1) is 0 Å². The van der Waals surface area contributed by atoms with Gasteiger partial charge in [-0.2, -0.15) is 0 Å². The average Bonchev–Trinajstić information content (AvgIpc) is 3.96. The number of rotatable bonds is 14. The van der Waals surface area contributed by atoms with Crippen LogP contribution in [0.15, 0.2) is 66.7 Å². The molecule has 1 saturated heterocycles. The number of aromatic nitrogens is 4. The molecule has 15 nitrogen and oxygen atoms in total. The van der Waals surface area contributed by atoms with Crippen molar-refractivity contribution >= 4 is 51.8 Å². The Labute approximate surface area is 332 Å². The highest BCUT2D eigenvalue weighted by Gasteiger charge is 2.41. The maximum Gasteiger partial charge on any atom is 0.407 e. The lowest BCUT2D eigenvalue weighted by Crippen LogP contribution is -2.54. The van der Waals surface area contributed by atoms with E-state index in [1.54, 1.807) is 4.90 Å². The van der Waals surface area contributed by atoms with Crippen molar-refractivity contribution in [3.8, 4) is 0 Å². The van der Waals surface area contributed by atoms with Crippen molar-refractivity contribution in [1.82, 2.24) is 40.4 Å². The van der Waals surface area contributed by atoms with Crippen molar-refractivity contribution in [2.75, 3.05) is 38.8 Å². The molecule has 2 unspecified atom stereocenters. The van der Waals surface area contributed by atoms with Crippen LogP contribution in [0.3, 0.4) is 0 Å². The zero-order chi connectivity index (χ0) is 40.7. The first-order chi connectivity index (χ1) is 27.4. The van der Waals surface area contributed by atoms with Crippen LogP contribution in [0, 0.1) is 5.41 Å². The smallest absolute Gasteiger partial charge is 0.407 e. The molecule has 0 aliphatic carbocycles. The second kappa shape index (κ2) is 17.8. The monoisotopic (exact) mass is 779 g/mol. The van der Waals surface area contributed by atoms with Gasteiger partial charge in [-0.1, -0.05) is 58.0 Å². The van der Waals surface area contributed by atoms with Crippen LogP contribution in [0.2, 0.25) is 0 Å². The second-order valence-electron chi connectivity index (χ2n) is 15.5. The van der Waals surface area contributed by atoms with Crippen molar-refractivity contribution < 1.29 is 28.7 Å². The number of para-hydroxylation sites is 1. The summed E-state index contributed by atoms with van der Waals surface area (Å²) >= 11 is 0. The number of likely N-dealkylation sites (tertiary alicyclic amines) is 1. The fourth-order valence-electron chi connectivity index (χ4n) is 7.31. The van der Waals surface area contributed by atoms with Gasteiger partial charge in [0, 0.05) is 31.9 Å². The molecule has 4 N–H and O–H groups in total. The summed E-state index contributed by atoms with van der Waals surface area (Å²) in [6.07, 6.45) is 1.07. The van der Waals surface area contributed by atoms with E-state index in [0.29, 0.717) is 32.0 Å². The second-order valence-corrected chi connectivity index (χ2v) is 15.5. The van der Waals surface area contributed by atoms with E-state index in [9.17, 15) is 19.2 Å². The molecule has 1 aliphatic rings. The summed E-state index contributed by atoms with van der Waals surface area (Å²) < 4.78 is 9.43. The standard InChI is InChI=1S/C42H53N9O6/c1-7-19-49(36(52)23-43-40(54)56-5)26-35-44-30-17-15-27(21-32(30)45-35)24-50(29-12-9-8-10-13-29)25-28-16-18-31-33(22-28)47-38(46-31)34-14-11-20-51(34)39(53)37(42(2,3)4)48-41(55)57-6/h8-10,12-13,15-18,21-22,34,37H,7,11,14,19-20,23-26H2,1-6H3,(H,43,54)(H,44,45)(H,46,47)(H,48,55). The number of hydrogen-bond donors (Lipinski definition) is 4. The third kappa shape index (κ3) is 9.83. The lowest BCUT2D eigenvalue weighted by Gasteiger charge is -2.34. The molecule has 302 valence electrons. The van der Waals surface area contributed by atoms with Crippen LogP contribution >= 0.6 is 0 Å². The van der Waals surface area contributed by atoms with Gasteiger partial charge in [0.15, 0.2) is 0 Å². The van der Waals surface area contributed by atoms with E-state index in [4.69, 9.17) is 14.7 Å². The van der Waals surface area contributed by atoms with E-state index in [2.05, 4.69) is 66.6 Å². The average molecular weight is 780 g/mol. The van der Waals surface area contributed by atoms with Crippen LogP contribution in [0.25, 0.3) is 22.1 Å². The van der Waals surface area contributed by atoms with Gasteiger partial charge in [-0.25, -0.2) is 19.6 Å². The maximum atomic E-state index is 13.9. The Morgan fingerprint density at radius 1 is 0.877 bits per heavy atom. The Balaban J connectivity index is 1.19. The number of aromatic amines is 2. The molecule has 3 heterocycles. The van der Waals surface area contributed by atoms with E-state index >= 15 is 0 Å². The Bertz CT molecular complexity index is 2190. The highest BCUT2D eigenvalue weighted by molar-refractivity contribution is 5.87. The molecule has 0 spiro atoms. The zero-order valence-corrected chi connectivity index (χ0v) is 33.6. The van der Waals surface area contributed by atoms with Gasteiger partial charge in [0.2, 0.25) is 11.8 Å². The number of H-pyrrole nitrogens is 2. The first-order valence-electron chi connectivity index (χ1n) is 19.4. The van der Waals surface area contributed by atoms with Crippen LogP contribution in [-0.2, 0) is 38.7 Å². The summed E-state index contributed by atoms with van der Waals surface area (Å²) in [6.45, 7) is 10.2. The summed E-state index contributed by atoms with van der Waals surface area (Å²) in [4.78, 5) is 72.9. The van der Waals surface area contributed by atoms with Crippen molar-refractivity contribution in [3.63, 3.8) is 0 Å². The molecule has 2 aromatic heterocycles. The van der Waals surface area contributed by atoms with Gasteiger partial charge in [-0.05, 0) is 72.2 Å². The van der Waals surface area contributed by atoms with Gasteiger partial charge in [-0.3, -0.25) is 9.59 Å². The van der Waals surface area contributed by atoms with Crippen LogP contribution in [-0.4, -0.2) is 93.6 Å². The molecule has 0 bridgehead atoms. The van der Waals surface area contributed by atoms with Crippen molar-refractivity contribution in [1.29, 1.82) is 0 Å². The van der Waals surface area contributed by atoms with Crippen molar-refractivity contribution in [2.24, 2.45) is 5.41 Å². The van der Waals surface area contributed by atoms with Crippen LogP contribution in [0.5, 0.6) is 0 Å². The van der Waals surface area contributed by atoms with Gasteiger partial charge < -0.3 is 44.8 Å². The van der Waals surface area contributed by atoms with E-state index < -0.39 is 23.6 Å². The first-order valence-corrected chi connectivity index (χ1v) is 19.4. The molecule has 0 saturated carbocycles. The molecule has 6 rings (SSSR count). The number of nitrogens with zero attached hydrogens (tertiary/aromatic N) is 5. The summed E-state index contributed by atoms with van der Waals surface area (Å²) in [5, 5.41) is 5.21. The van der Waals surface area contributed by atoms with Crippen LogP contribution in [0.1, 0.15) is 75.8 Å². The molecule has 57 heavy (non-hydrogen) atoms. The molecule has 3 aromatic carbocycles. The van der Waals surface area contributed by atoms with Gasteiger partial charge >= 0.3 is 12.2 Å². The molecule has 15 heteroatoms. The van der Waals surface area contributed by atoms with Gasteiger partial charge in [0.25, 0.3) is 0 Å². The van der Waals surface area contributed by atoms with Crippen molar-refractivity contribution in [2.45, 2.75) is 78.7 Å². The number of carbonyl (C=O) groups excluding carboxylic acids is 4. The maximum absolute atomic E-state index is 13.9. The van der Waals surface area contributed by atoms with E-state index in [-0.39, 0.29) is 30.9 Å². The summed E-state index contributed by atoms with van der Waals surface area (Å²) in [7, 11) is 2.55. The lowest BCUT2D eigenvalue weighted by molar-refractivity contribution is -0.137. The number of anilines is 1. The summed E-state index contributed by atoms with van der Waals surface area (Å²) in [5.74, 6) is 1.01. The quantitative estimate of drug-likeness (QED) is 0.103.